The molecule has 1 N–H and O–H groups in total. The summed E-state index contributed by atoms with van der Waals surface area (Å²) in [5.74, 6) is -1.45. The lowest BCUT2D eigenvalue weighted by Gasteiger charge is -1.98. The number of amides is 1. The maximum atomic E-state index is 12.6. The highest BCUT2D eigenvalue weighted by Gasteiger charge is 2.00. The summed E-state index contributed by atoms with van der Waals surface area (Å²) in [6.45, 7) is 0. The first-order valence-electron chi connectivity index (χ1n) is 3.71. The Kier molecular flexibility index (Phi) is 6.22. The Bertz CT molecular complexity index is 292. The van der Waals surface area contributed by atoms with Crippen LogP contribution in [-0.2, 0) is 9.53 Å². The molecule has 0 aliphatic rings. The number of benzene rings is 1. The van der Waals surface area contributed by atoms with Gasteiger partial charge in [-0.1, -0.05) is 0 Å². The largest absolute Gasteiger partial charge is 0.388 e. The van der Waals surface area contributed by atoms with Crippen molar-refractivity contribution in [2.45, 2.75) is 0 Å². The number of ether oxygens (including phenoxy) is 1. The van der Waals surface area contributed by atoms with E-state index in [-0.39, 0.29) is 5.69 Å². The highest BCUT2D eigenvalue weighted by molar-refractivity contribution is 5.71. The SMILES string of the molecule is COC.O=CNc1ccc(F)cc1F. The molecule has 0 saturated carbocycles. The first kappa shape index (κ1) is 12.5. The second kappa shape index (κ2) is 6.97. The van der Waals surface area contributed by atoms with Gasteiger partial charge < -0.3 is 10.1 Å². The molecule has 0 radical (unpaired) electrons. The van der Waals surface area contributed by atoms with Gasteiger partial charge in [0, 0.05) is 20.3 Å². The molecule has 0 bridgehead atoms. The minimum absolute atomic E-state index is 0.0265. The number of nitrogens with one attached hydrogen (secondary N) is 1. The maximum absolute atomic E-state index is 12.6. The van der Waals surface area contributed by atoms with Crippen LogP contribution >= 0.6 is 0 Å². The highest BCUT2D eigenvalue weighted by Crippen LogP contribution is 2.13. The van der Waals surface area contributed by atoms with Crippen molar-refractivity contribution in [3.8, 4) is 0 Å². The summed E-state index contributed by atoms with van der Waals surface area (Å²) in [5.41, 5.74) is -0.0265. The third-order valence-corrected chi connectivity index (χ3v) is 1.15. The van der Waals surface area contributed by atoms with Crippen LogP contribution in [0.15, 0.2) is 18.2 Å². The molecule has 1 aromatic carbocycles. The summed E-state index contributed by atoms with van der Waals surface area (Å²) in [6, 6.07) is 2.92. The summed E-state index contributed by atoms with van der Waals surface area (Å²) < 4.78 is 29.1. The van der Waals surface area contributed by atoms with Gasteiger partial charge in [0.2, 0.25) is 6.41 Å². The third-order valence-electron chi connectivity index (χ3n) is 1.15. The van der Waals surface area contributed by atoms with Gasteiger partial charge in [0.25, 0.3) is 0 Å². The number of hydrogen-bond acceptors (Lipinski definition) is 2. The fourth-order valence-corrected chi connectivity index (χ4v) is 0.670. The predicted molar refractivity (Wildman–Crippen MR) is 49.0 cm³/mol. The van der Waals surface area contributed by atoms with Crippen LogP contribution < -0.4 is 5.32 Å². The number of methoxy groups -OCH3 is 1. The van der Waals surface area contributed by atoms with E-state index < -0.39 is 11.6 Å². The number of anilines is 1. The molecule has 3 nitrogen and oxygen atoms in total. The molecule has 1 amide bonds. The minimum atomic E-state index is -0.780. The summed E-state index contributed by atoms with van der Waals surface area (Å²) in [5, 5.41) is 2.08. The fourth-order valence-electron chi connectivity index (χ4n) is 0.670. The average Bonchev–Trinajstić information content (AvgIpc) is 2.11. The molecule has 0 atom stereocenters. The van der Waals surface area contributed by atoms with Crippen LogP contribution in [0.3, 0.4) is 0 Å². The Hall–Kier alpha value is -1.49. The number of carbonyl (C=O) groups excluding carboxylic acids is 1. The zero-order valence-corrected chi connectivity index (χ0v) is 7.88. The van der Waals surface area contributed by atoms with Gasteiger partial charge in [-0.3, -0.25) is 4.79 Å². The van der Waals surface area contributed by atoms with Gasteiger partial charge in [-0.2, -0.15) is 0 Å². The van der Waals surface area contributed by atoms with E-state index in [9.17, 15) is 13.6 Å². The smallest absolute Gasteiger partial charge is 0.211 e. The van der Waals surface area contributed by atoms with Gasteiger partial charge in [0.05, 0.1) is 5.69 Å². The summed E-state index contributed by atoms with van der Waals surface area (Å²) in [6.07, 6.45) is 0.330. The lowest BCUT2D eigenvalue weighted by Crippen LogP contribution is -1.96. The average molecular weight is 203 g/mol. The lowest BCUT2D eigenvalue weighted by molar-refractivity contribution is -0.105. The van der Waals surface area contributed by atoms with Crippen LogP contribution in [-0.4, -0.2) is 20.6 Å². The van der Waals surface area contributed by atoms with Gasteiger partial charge in [0.15, 0.2) is 0 Å². The second-order valence-corrected chi connectivity index (χ2v) is 2.29. The number of carbonyl (C=O) groups is 1. The van der Waals surface area contributed by atoms with Gasteiger partial charge in [-0.25, -0.2) is 8.78 Å². The molecule has 0 aliphatic carbocycles. The van der Waals surface area contributed by atoms with E-state index in [0.717, 1.165) is 12.1 Å². The molecule has 5 heteroatoms. The molecule has 0 spiro atoms. The first-order chi connectivity index (χ1) is 6.65. The van der Waals surface area contributed by atoms with E-state index in [1.165, 1.54) is 0 Å². The molecule has 78 valence electrons. The highest BCUT2D eigenvalue weighted by atomic mass is 19.1. The van der Waals surface area contributed by atoms with Crippen LogP contribution in [0, 0.1) is 11.6 Å². The maximum Gasteiger partial charge on any atom is 0.211 e. The monoisotopic (exact) mass is 203 g/mol. The van der Waals surface area contributed by atoms with Crippen molar-refractivity contribution >= 4 is 12.1 Å². The van der Waals surface area contributed by atoms with Crippen LogP contribution in [0.1, 0.15) is 0 Å². The fraction of sp³-hybridized carbons (Fsp3) is 0.222. The summed E-state index contributed by atoms with van der Waals surface area (Å²) in [7, 11) is 3.25. The molecule has 1 rings (SSSR count). The van der Waals surface area contributed by atoms with E-state index >= 15 is 0 Å². The molecular weight excluding hydrogens is 192 g/mol. The van der Waals surface area contributed by atoms with E-state index in [0.29, 0.717) is 12.5 Å². The van der Waals surface area contributed by atoms with Crippen molar-refractivity contribution in [1.82, 2.24) is 0 Å². The quantitative estimate of drug-likeness (QED) is 0.744. The summed E-state index contributed by atoms with van der Waals surface area (Å²) in [4.78, 5) is 9.84. The van der Waals surface area contributed by atoms with Crippen LogP contribution in [0.2, 0.25) is 0 Å². The van der Waals surface area contributed by atoms with Crippen LogP contribution in [0.5, 0.6) is 0 Å². The van der Waals surface area contributed by atoms with Crippen molar-refractivity contribution in [2.24, 2.45) is 0 Å². The van der Waals surface area contributed by atoms with E-state index in [1.807, 2.05) is 0 Å². The number of halogens is 2. The zero-order valence-electron chi connectivity index (χ0n) is 7.88. The molecular formula is C9H11F2NO2. The molecule has 0 aliphatic heterocycles. The van der Waals surface area contributed by atoms with E-state index in [4.69, 9.17) is 0 Å². The zero-order chi connectivity index (χ0) is 11.0. The molecule has 0 unspecified atom stereocenters. The standard InChI is InChI=1S/C7H5F2NO.C2H6O/c8-5-1-2-7(10-4-11)6(9)3-5;1-3-2/h1-4H,(H,10,11);1-2H3. The van der Waals surface area contributed by atoms with Crippen molar-refractivity contribution in [2.75, 3.05) is 19.5 Å². The Morgan fingerprint density at radius 1 is 1.36 bits per heavy atom. The van der Waals surface area contributed by atoms with E-state index in [2.05, 4.69) is 10.1 Å². The third kappa shape index (κ3) is 4.51. The molecule has 1 aromatic rings. The Labute approximate surface area is 80.7 Å². The molecule has 14 heavy (non-hydrogen) atoms. The summed E-state index contributed by atoms with van der Waals surface area (Å²) >= 11 is 0. The Balaban J connectivity index is 0.000000500. The Morgan fingerprint density at radius 3 is 2.36 bits per heavy atom. The topological polar surface area (TPSA) is 38.3 Å². The number of rotatable bonds is 2. The first-order valence-corrected chi connectivity index (χ1v) is 3.71. The van der Waals surface area contributed by atoms with Crippen LogP contribution in [0.25, 0.3) is 0 Å². The molecule has 0 aromatic heterocycles. The van der Waals surface area contributed by atoms with Crippen molar-refractivity contribution in [3.63, 3.8) is 0 Å². The number of hydrogen-bond donors (Lipinski definition) is 1. The second-order valence-electron chi connectivity index (χ2n) is 2.29. The van der Waals surface area contributed by atoms with Crippen LogP contribution in [0.4, 0.5) is 14.5 Å². The van der Waals surface area contributed by atoms with Crippen molar-refractivity contribution in [3.05, 3.63) is 29.8 Å². The molecule has 0 heterocycles. The van der Waals surface area contributed by atoms with Gasteiger partial charge in [-0.15, -0.1) is 0 Å². The van der Waals surface area contributed by atoms with Gasteiger partial charge >= 0.3 is 0 Å². The van der Waals surface area contributed by atoms with Crippen molar-refractivity contribution in [1.29, 1.82) is 0 Å². The lowest BCUT2D eigenvalue weighted by atomic mass is 10.3. The van der Waals surface area contributed by atoms with Gasteiger partial charge in [0.1, 0.15) is 11.6 Å². The van der Waals surface area contributed by atoms with Crippen molar-refractivity contribution < 1.29 is 18.3 Å². The molecule has 0 saturated heterocycles. The Morgan fingerprint density at radius 2 is 1.93 bits per heavy atom. The normalized spacial score (nSPS) is 8.57. The van der Waals surface area contributed by atoms with Gasteiger partial charge in [-0.05, 0) is 12.1 Å². The van der Waals surface area contributed by atoms with E-state index in [1.54, 1.807) is 14.2 Å². The minimum Gasteiger partial charge on any atom is -0.388 e. The predicted octanol–water partition coefficient (Wildman–Crippen LogP) is 1.80. The molecule has 0 fully saturated rings.